The highest BCUT2D eigenvalue weighted by Crippen LogP contribution is 2.14. The highest BCUT2D eigenvalue weighted by Gasteiger charge is 2.27. The first-order valence-electron chi connectivity index (χ1n) is 5.38. The van der Waals surface area contributed by atoms with E-state index < -0.39 is 11.5 Å². The molecule has 1 heterocycles. The van der Waals surface area contributed by atoms with Crippen molar-refractivity contribution in [2.75, 3.05) is 0 Å². The number of aliphatic carboxylic acids is 1. The summed E-state index contributed by atoms with van der Waals surface area (Å²) in [5.41, 5.74) is 4.49. The molecule has 0 aromatic carbocycles. The average Bonchev–Trinajstić information content (AvgIpc) is 2.62. The summed E-state index contributed by atoms with van der Waals surface area (Å²) in [6.07, 6.45) is 3.97. The Morgan fingerprint density at radius 2 is 2.31 bits per heavy atom. The van der Waals surface area contributed by atoms with Gasteiger partial charge in [0.15, 0.2) is 0 Å². The Labute approximate surface area is 95.3 Å². The van der Waals surface area contributed by atoms with Gasteiger partial charge in [0.1, 0.15) is 11.4 Å². The Bertz CT molecular complexity index is 369. The van der Waals surface area contributed by atoms with Crippen LogP contribution in [0, 0.1) is 0 Å². The van der Waals surface area contributed by atoms with Crippen LogP contribution in [-0.4, -0.2) is 26.2 Å². The fourth-order valence-corrected chi connectivity index (χ4v) is 1.47. The molecule has 0 amide bonds. The molecule has 5 heteroatoms. The van der Waals surface area contributed by atoms with Crippen LogP contribution in [-0.2, 0) is 11.3 Å². The van der Waals surface area contributed by atoms with E-state index in [9.17, 15) is 4.79 Å². The average molecular weight is 225 g/mol. The van der Waals surface area contributed by atoms with Gasteiger partial charge in [-0.05, 0) is 13.3 Å². The zero-order valence-corrected chi connectivity index (χ0v) is 9.97. The highest BCUT2D eigenvalue weighted by molar-refractivity contribution is 5.77. The number of nitrogens with two attached hydrogens (primary N) is 1. The van der Waals surface area contributed by atoms with Crippen molar-refractivity contribution in [3.05, 3.63) is 18.2 Å². The number of imidazole rings is 1. The quantitative estimate of drug-likeness (QED) is 0.789. The maximum atomic E-state index is 10.8. The number of hydrogen-bond donors (Lipinski definition) is 2. The van der Waals surface area contributed by atoms with Gasteiger partial charge < -0.3 is 15.4 Å². The lowest BCUT2D eigenvalue weighted by molar-refractivity contribution is -0.143. The lowest BCUT2D eigenvalue weighted by atomic mass is 10.00. The summed E-state index contributed by atoms with van der Waals surface area (Å²) in [7, 11) is 0. The van der Waals surface area contributed by atoms with Crippen molar-refractivity contribution in [2.24, 2.45) is 5.73 Å². The van der Waals surface area contributed by atoms with E-state index in [1.165, 1.54) is 6.92 Å². The van der Waals surface area contributed by atoms with Crippen LogP contribution in [0.5, 0.6) is 0 Å². The molecule has 0 bridgehead atoms. The monoisotopic (exact) mass is 225 g/mol. The van der Waals surface area contributed by atoms with Crippen molar-refractivity contribution in [3.63, 3.8) is 0 Å². The third-order valence-corrected chi connectivity index (χ3v) is 2.62. The molecule has 3 N–H and O–H groups in total. The van der Waals surface area contributed by atoms with Gasteiger partial charge in [-0.1, -0.05) is 13.8 Å². The normalized spacial score (nSPS) is 15.1. The van der Waals surface area contributed by atoms with Gasteiger partial charge in [0, 0.05) is 24.9 Å². The van der Waals surface area contributed by atoms with Crippen LogP contribution in [0.25, 0.3) is 0 Å². The van der Waals surface area contributed by atoms with Gasteiger partial charge in [-0.2, -0.15) is 0 Å². The molecular weight excluding hydrogens is 206 g/mol. The van der Waals surface area contributed by atoms with Gasteiger partial charge in [-0.25, -0.2) is 4.98 Å². The number of carboxylic acid groups (broad SMARTS) is 1. The van der Waals surface area contributed by atoms with E-state index in [1.54, 1.807) is 6.20 Å². The Morgan fingerprint density at radius 1 is 1.69 bits per heavy atom. The van der Waals surface area contributed by atoms with Gasteiger partial charge >= 0.3 is 5.97 Å². The Morgan fingerprint density at radius 3 is 2.81 bits per heavy atom. The van der Waals surface area contributed by atoms with Gasteiger partial charge in [0.2, 0.25) is 0 Å². The smallest absolute Gasteiger partial charge is 0.323 e. The molecule has 0 saturated carbocycles. The van der Waals surface area contributed by atoms with Crippen molar-refractivity contribution >= 4 is 5.97 Å². The summed E-state index contributed by atoms with van der Waals surface area (Å²) in [4.78, 5) is 15.1. The van der Waals surface area contributed by atoms with Crippen LogP contribution in [0.15, 0.2) is 12.4 Å². The minimum absolute atomic E-state index is 0.323. The lowest BCUT2D eigenvalue weighted by Gasteiger charge is -2.20. The molecule has 1 aromatic heterocycles. The van der Waals surface area contributed by atoms with E-state index in [4.69, 9.17) is 10.8 Å². The summed E-state index contributed by atoms with van der Waals surface area (Å²) < 4.78 is 1.96. The molecule has 16 heavy (non-hydrogen) atoms. The molecule has 0 fully saturated rings. The van der Waals surface area contributed by atoms with Gasteiger partial charge in [-0.3, -0.25) is 4.79 Å². The van der Waals surface area contributed by atoms with Gasteiger partial charge in [0.05, 0.1) is 0 Å². The van der Waals surface area contributed by atoms with E-state index >= 15 is 0 Å². The lowest BCUT2D eigenvalue weighted by Crippen LogP contribution is -2.45. The van der Waals surface area contributed by atoms with Crippen LogP contribution < -0.4 is 5.73 Å². The molecule has 90 valence electrons. The van der Waals surface area contributed by atoms with E-state index in [-0.39, 0.29) is 0 Å². The number of nitrogens with zero attached hydrogens (tertiary/aromatic N) is 2. The number of carbonyl (C=O) groups is 1. The second-order valence-corrected chi connectivity index (χ2v) is 4.61. The summed E-state index contributed by atoms with van der Waals surface area (Å²) in [6.45, 7) is 6.21. The predicted molar refractivity (Wildman–Crippen MR) is 61.2 cm³/mol. The minimum Gasteiger partial charge on any atom is -0.480 e. The molecular formula is C11H19N3O2. The zero-order valence-electron chi connectivity index (χ0n) is 9.97. The Kier molecular flexibility index (Phi) is 3.70. The van der Waals surface area contributed by atoms with Crippen molar-refractivity contribution in [1.82, 2.24) is 9.55 Å². The Balaban J connectivity index is 2.68. The fourth-order valence-electron chi connectivity index (χ4n) is 1.47. The molecule has 0 radical (unpaired) electrons. The fraction of sp³-hybridized carbons (Fsp3) is 0.636. The third kappa shape index (κ3) is 2.82. The molecule has 1 aromatic rings. The summed E-state index contributed by atoms with van der Waals surface area (Å²) in [6, 6.07) is 0. The third-order valence-electron chi connectivity index (χ3n) is 2.62. The summed E-state index contributed by atoms with van der Waals surface area (Å²) in [5, 5.41) is 8.90. The van der Waals surface area contributed by atoms with E-state index in [2.05, 4.69) is 18.8 Å². The van der Waals surface area contributed by atoms with Crippen LogP contribution in [0.4, 0.5) is 0 Å². The number of carboxylic acids is 1. The first-order valence-corrected chi connectivity index (χ1v) is 5.38. The topological polar surface area (TPSA) is 81.1 Å². The molecule has 0 aliphatic heterocycles. The second-order valence-electron chi connectivity index (χ2n) is 4.61. The number of hydrogen-bond acceptors (Lipinski definition) is 3. The molecule has 0 spiro atoms. The molecule has 1 rings (SSSR count). The molecule has 5 nitrogen and oxygen atoms in total. The molecule has 0 aliphatic carbocycles. The standard InChI is InChI=1S/C11H19N3O2/c1-8(2)9-13-5-7-14(9)6-4-11(3,12)10(15)16/h5,7-8H,4,6,12H2,1-3H3,(H,15,16). The van der Waals surface area contributed by atoms with Crippen molar-refractivity contribution < 1.29 is 9.90 Å². The van der Waals surface area contributed by atoms with Gasteiger partial charge in [-0.15, -0.1) is 0 Å². The zero-order chi connectivity index (χ0) is 12.3. The van der Waals surface area contributed by atoms with E-state index in [1.807, 2.05) is 10.8 Å². The molecule has 1 atom stereocenters. The molecule has 1 unspecified atom stereocenters. The first-order chi connectivity index (χ1) is 7.34. The van der Waals surface area contributed by atoms with Crippen molar-refractivity contribution in [3.8, 4) is 0 Å². The van der Waals surface area contributed by atoms with E-state index in [0.717, 1.165) is 5.82 Å². The van der Waals surface area contributed by atoms with Crippen LogP contribution in [0.1, 0.15) is 38.9 Å². The molecule has 0 saturated heterocycles. The number of rotatable bonds is 5. The minimum atomic E-state index is -1.18. The van der Waals surface area contributed by atoms with Crippen LogP contribution in [0.3, 0.4) is 0 Å². The number of aromatic nitrogens is 2. The Hall–Kier alpha value is -1.36. The summed E-state index contributed by atoms with van der Waals surface area (Å²) in [5.74, 6) is 0.309. The second kappa shape index (κ2) is 4.65. The maximum Gasteiger partial charge on any atom is 0.323 e. The maximum absolute atomic E-state index is 10.8. The highest BCUT2D eigenvalue weighted by atomic mass is 16.4. The van der Waals surface area contributed by atoms with Crippen molar-refractivity contribution in [1.29, 1.82) is 0 Å². The number of aryl methyl sites for hydroxylation is 1. The van der Waals surface area contributed by atoms with Crippen LogP contribution in [0.2, 0.25) is 0 Å². The van der Waals surface area contributed by atoms with Gasteiger partial charge in [0.25, 0.3) is 0 Å². The van der Waals surface area contributed by atoms with E-state index in [0.29, 0.717) is 18.9 Å². The SMILES string of the molecule is CC(C)c1nccn1CCC(C)(N)C(=O)O. The largest absolute Gasteiger partial charge is 0.480 e. The molecule has 0 aliphatic rings. The predicted octanol–water partition coefficient (Wildman–Crippen LogP) is 1.20. The van der Waals surface area contributed by atoms with Crippen molar-refractivity contribution in [2.45, 2.75) is 45.2 Å². The summed E-state index contributed by atoms with van der Waals surface area (Å²) >= 11 is 0. The first kappa shape index (κ1) is 12.7. The van der Waals surface area contributed by atoms with Crippen LogP contribution >= 0.6 is 0 Å².